The summed E-state index contributed by atoms with van der Waals surface area (Å²) >= 11 is 5.76. The van der Waals surface area contributed by atoms with E-state index in [-0.39, 0.29) is 18.4 Å². The molecule has 0 N–H and O–H groups in total. The molecule has 0 aliphatic heterocycles. The van der Waals surface area contributed by atoms with Gasteiger partial charge in [-0.2, -0.15) is 0 Å². The molecule has 2 aromatic rings. The molecule has 0 saturated carbocycles. The minimum absolute atomic E-state index is 0.156. The van der Waals surface area contributed by atoms with E-state index in [2.05, 4.69) is 10.2 Å². The molecule has 0 aliphatic rings. The van der Waals surface area contributed by atoms with Crippen LogP contribution in [-0.2, 0) is 4.74 Å². The Morgan fingerprint density at radius 1 is 1.35 bits per heavy atom. The number of esters is 1. The number of nitrogens with zero attached hydrogens (tertiary/aromatic N) is 2. The average molecular weight is 253 g/mol. The highest BCUT2D eigenvalue weighted by Gasteiger charge is 2.16. The fourth-order valence-electron chi connectivity index (χ4n) is 1.21. The van der Waals surface area contributed by atoms with Gasteiger partial charge in [0.2, 0.25) is 5.89 Å². The Bertz CT molecular complexity index is 522. The summed E-state index contributed by atoms with van der Waals surface area (Å²) in [6, 6.07) is 6.85. The third kappa shape index (κ3) is 2.62. The van der Waals surface area contributed by atoms with Crippen LogP contribution in [0.15, 0.2) is 28.7 Å². The van der Waals surface area contributed by atoms with Gasteiger partial charge in [0.05, 0.1) is 6.61 Å². The summed E-state index contributed by atoms with van der Waals surface area (Å²) < 4.78 is 9.92. The van der Waals surface area contributed by atoms with Crippen molar-refractivity contribution in [3.05, 3.63) is 35.2 Å². The Labute approximate surface area is 102 Å². The topological polar surface area (TPSA) is 65.2 Å². The molecule has 2 rings (SSSR count). The van der Waals surface area contributed by atoms with Crippen molar-refractivity contribution in [3.63, 3.8) is 0 Å². The molecule has 0 spiro atoms. The molecule has 0 amide bonds. The van der Waals surface area contributed by atoms with Crippen LogP contribution in [-0.4, -0.2) is 22.8 Å². The quantitative estimate of drug-likeness (QED) is 0.786. The first-order valence-electron chi connectivity index (χ1n) is 4.97. The van der Waals surface area contributed by atoms with E-state index in [0.29, 0.717) is 10.6 Å². The van der Waals surface area contributed by atoms with Crippen molar-refractivity contribution in [1.82, 2.24) is 10.2 Å². The van der Waals surface area contributed by atoms with Gasteiger partial charge in [0, 0.05) is 10.6 Å². The number of rotatable bonds is 3. The first kappa shape index (κ1) is 11.6. The summed E-state index contributed by atoms with van der Waals surface area (Å²) in [5.41, 5.74) is 0.692. The van der Waals surface area contributed by atoms with E-state index in [1.807, 2.05) is 0 Å². The standard InChI is InChI=1S/C11H9ClN2O3/c1-2-16-11(15)10-14-13-9(17-10)7-3-5-8(12)6-4-7/h3-6H,2H2,1H3. The van der Waals surface area contributed by atoms with E-state index in [1.165, 1.54) is 0 Å². The summed E-state index contributed by atoms with van der Waals surface area (Å²) in [4.78, 5) is 11.3. The number of hydrogen-bond donors (Lipinski definition) is 0. The molecule has 6 heteroatoms. The Hall–Kier alpha value is -1.88. The third-order valence-electron chi connectivity index (χ3n) is 1.97. The minimum atomic E-state index is -0.625. The second kappa shape index (κ2) is 4.97. The van der Waals surface area contributed by atoms with Crippen LogP contribution in [0.5, 0.6) is 0 Å². The molecule has 1 aromatic carbocycles. The number of aromatic nitrogens is 2. The number of halogens is 1. The van der Waals surface area contributed by atoms with E-state index < -0.39 is 5.97 Å². The van der Waals surface area contributed by atoms with Gasteiger partial charge >= 0.3 is 11.9 Å². The molecular formula is C11H9ClN2O3. The molecule has 0 atom stereocenters. The molecule has 17 heavy (non-hydrogen) atoms. The van der Waals surface area contributed by atoms with Crippen LogP contribution in [0.25, 0.3) is 11.5 Å². The highest BCUT2D eigenvalue weighted by Crippen LogP contribution is 2.20. The molecule has 0 saturated heterocycles. The molecule has 0 unspecified atom stereocenters. The zero-order chi connectivity index (χ0) is 12.3. The fraction of sp³-hybridized carbons (Fsp3) is 0.182. The Balaban J connectivity index is 2.23. The average Bonchev–Trinajstić information content (AvgIpc) is 2.80. The Morgan fingerprint density at radius 2 is 2.06 bits per heavy atom. The summed E-state index contributed by atoms with van der Waals surface area (Å²) in [5, 5.41) is 7.98. The smallest absolute Gasteiger partial charge is 0.396 e. The minimum Gasteiger partial charge on any atom is -0.459 e. The van der Waals surface area contributed by atoms with Crippen molar-refractivity contribution >= 4 is 17.6 Å². The van der Waals surface area contributed by atoms with Crippen LogP contribution in [0, 0.1) is 0 Å². The van der Waals surface area contributed by atoms with Crippen LogP contribution in [0.2, 0.25) is 5.02 Å². The third-order valence-corrected chi connectivity index (χ3v) is 2.22. The fourth-order valence-corrected chi connectivity index (χ4v) is 1.33. The molecule has 1 heterocycles. The molecule has 88 valence electrons. The van der Waals surface area contributed by atoms with Crippen molar-refractivity contribution in [3.8, 4) is 11.5 Å². The van der Waals surface area contributed by atoms with Crippen LogP contribution < -0.4 is 0 Å². The van der Waals surface area contributed by atoms with Crippen molar-refractivity contribution < 1.29 is 13.9 Å². The van der Waals surface area contributed by atoms with Crippen molar-refractivity contribution in [2.24, 2.45) is 0 Å². The van der Waals surface area contributed by atoms with Crippen LogP contribution in [0.1, 0.15) is 17.6 Å². The van der Waals surface area contributed by atoms with Gasteiger partial charge in [0.1, 0.15) is 0 Å². The van der Waals surface area contributed by atoms with Crippen LogP contribution in [0.3, 0.4) is 0 Å². The van der Waals surface area contributed by atoms with Gasteiger partial charge in [-0.15, -0.1) is 10.2 Å². The molecule has 0 bridgehead atoms. The lowest BCUT2D eigenvalue weighted by atomic mass is 10.2. The van der Waals surface area contributed by atoms with Gasteiger partial charge in [-0.1, -0.05) is 11.6 Å². The number of carbonyl (C=O) groups excluding carboxylic acids is 1. The first-order chi connectivity index (χ1) is 8.20. The summed E-state index contributed by atoms with van der Waals surface area (Å²) in [7, 11) is 0. The van der Waals surface area contributed by atoms with Gasteiger partial charge in [0.15, 0.2) is 0 Å². The number of hydrogen-bond acceptors (Lipinski definition) is 5. The zero-order valence-electron chi connectivity index (χ0n) is 9.01. The molecule has 1 aromatic heterocycles. The van der Waals surface area contributed by atoms with Gasteiger partial charge in [-0.25, -0.2) is 4.79 Å². The van der Waals surface area contributed by atoms with E-state index in [4.69, 9.17) is 20.8 Å². The number of benzene rings is 1. The maximum absolute atomic E-state index is 11.3. The lowest BCUT2D eigenvalue weighted by Gasteiger charge is -1.95. The summed E-state index contributed by atoms with van der Waals surface area (Å²) in [6.07, 6.45) is 0. The lowest BCUT2D eigenvalue weighted by molar-refractivity contribution is 0.0481. The second-order valence-corrected chi connectivity index (χ2v) is 3.58. The van der Waals surface area contributed by atoms with E-state index >= 15 is 0 Å². The van der Waals surface area contributed by atoms with E-state index in [9.17, 15) is 4.79 Å². The predicted molar refractivity (Wildman–Crippen MR) is 60.7 cm³/mol. The van der Waals surface area contributed by atoms with Gasteiger partial charge in [-0.05, 0) is 31.2 Å². The molecule has 5 nitrogen and oxygen atoms in total. The Morgan fingerprint density at radius 3 is 2.71 bits per heavy atom. The maximum atomic E-state index is 11.3. The maximum Gasteiger partial charge on any atom is 0.396 e. The predicted octanol–water partition coefficient (Wildman–Crippen LogP) is 2.57. The molecular weight excluding hydrogens is 244 g/mol. The largest absolute Gasteiger partial charge is 0.459 e. The van der Waals surface area contributed by atoms with E-state index in [0.717, 1.165) is 0 Å². The second-order valence-electron chi connectivity index (χ2n) is 3.14. The van der Waals surface area contributed by atoms with Crippen molar-refractivity contribution in [1.29, 1.82) is 0 Å². The van der Waals surface area contributed by atoms with Gasteiger partial charge in [0.25, 0.3) is 0 Å². The summed E-state index contributed by atoms with van der Waals surface area (Å²) in [6.45, 7) is 1.96. The number of ether oxygens (including phenoxy) is 1. The summed E-state index contributed by atoms with van der Waals surface area (Å²) in [5.74, 6) is -0.526. The molecule has 0 fully saturated rings. The monoisotopic (exact) mass is 252 g/mol. The van der Waals surface area contributed by atoms with Crippen LogP contribution >= 0.6 is 11.6 Å². The molecule has 0 radical (unpaired) electrons. The number of carbonyl (C=O) groups is 1. The van der Waals surface area contributed by atoms with Crippen molar-refractivity contribution in [2.45, 2.75) is 6.92 Å². The first-order valence-corrected chi connectivity index (χ1v) is 5.35. The van der Waals surface area contributed by atoms with Gasteiger partial charge in [-0.3, -0.25) is 0 Å². The van der Waals surface area contributed by atoms with Crippen molar-refractivity contribution in [2.75, 3.05) is 6.61 Å². The Kier molecular flexibility index (Phi) is 3.39. The molecule has 0 aliphatic carbocycles. The SMILES string of the molecule is CCOC(=O)c1nnc(-c2ccc(Cl)cc2)o1. The zero-order valence-corrected chi connectivity index (χ0v) is 9.77. The highest BCUT2D eigenvalue weighted by atomic mass is 35.5. The van der Waals surface area contributed by atoms with E-state index in [1.54, 1.807) is 31.2 Å². The lowest BCUT2D eigenvalue weighted by Crippen LogP contribution is -2.04. The highest BCUT2D eigenvalue weighted by molar-refractivity contribution is 6.30. The normalized spacial score (nSPS) is 10.2. The van der Waals surface area contributed by atoms with Crippen LogP contribution in [0.4, 0.5) is 0 Å². The van der Waals surface area contributed by atoms with Gasteiger partial charge < -0.3 is 9.15 Å².